The quantitative estimate of drug-likeness (QED) is 0.460. The minimum absolute atomic E-state index is 0.0347. The van der Waals surface area contributed by atoms with Gasteiger partial charge in [0.05, 0.1) is 19.4 Å². The third-order valence-electron chi connectivity index (χ3n) is 4.68. The first-order valence-electron chi connectivity index (χ1n) is 9.97. The van der Waals surface area contributed by atoms with E-state index in [0.717, 1.165) is 4.90 Å². The first-order valence-corrected chi connectivity index (χ1v) is 9.97. The van der Waals surface area contributed by atoms with Crippen LogP contribution in [0.5, 0.6) is 17.2 Å². The number of urea groups is 1. The number of rotatable bonds is 8. The number of carboxylic acid groups (broad SMARTS) is 1. The molecule has 1 aliphatic heterocycles. The van der Waals surface area contributed by atoms with Crippen molar-refractivity contribution in [2.24, 2.45) is 0 Å². The van der Waals surface area contributed by atoms with Crippen molar-refractivity contribution in [3.63, 3.8) is 0 Å². The lowest BCUT2D eigenvalue weighted by molar-refractivity contribution is -0.144. The molecule has 0 unspecified atom stereocenters. The number of amides is 4. The maximum atomic E-state index is 13.1. The van der Waals surface area contributed by atoms with E-state index in [4.69, 9.17) is 14.2 Å². The van der Waals surface area contributed by atoms with E-state index in [1.165, 1.54) is 38.3 Å². The van der Waals surface area contributed by atoms with E-state index in [1.54, 1.807) is 24.3 Å². The summed E-state index contributed by atoms with van der Waals surface area (Å²) in [7, 11) is 1.37. The SMILES string of the molecule is CCOc1ccc(N2C(=O)NC(=O)/C(=C\c3cccc(OC)c3O[C@@H](C)C(=O)O)C2=O)cc1. The van der Waals surface area contributed by atoms with Crippen molar-refractivity contribution in [1.29, 1.82) is 0 Å². The lowest BCUT2D eigenvalue weighted by atomic mass is 10.1. The molecule has 0 saturated carbocycles. The van der Waals surface area contributed by atoms with E-state index in [9.17, 15) is 24.3 Å². The molecule has 10 heteroatoms. The fourth-order valence-corrected chi connectivity index (χ4v) is 3.07. The zero-order chi connectivity index (χ0) is 24.1. The van der Waals surface area contributed by atoms with E-state index < -0.39 is 29.9 Å². The maximum Gasteiger partial charge on any atom is 0.344 e. The van der Waals surface area contributed by atoms with Gasteiger partial charge >= 0.3 is 12.0 Å². The molecule has 0 bridgehead atoms. The molecule has 1 fully saturated rings. The first-order chi connectivity index (χ1) is 15.8. The molecule has 1 atom stereocenters. The van der Waals surface area contributed by atoms with Crippen molar-refractivity contribution in [3.8, 4) is 17.2 Å². The van der Waals surface area contributed by atoms with Gasteiger partial charge in [-0.1, -0.05) is 12.1 Å². The molecule has 0 spiro atoms. The van der Waals surface area contributed by atoms with Gasteiger partial charge in [0.1, 0.15) is 11.3 Å². The van der Waals surface area contributed by atoms with Gasteiger partial charge in [-0.3, -0.25) is 14.9 Å². The van der Waals surface area contributed by atoms with E-state index in [2.05, 4.69) is 5.32 Å². The zero-order valence-electron chi connectivity index (χ0n) is 18.2. The predicted molar refractivity (Wildman–Crippen MR) is 117 cm³/mol. The van der Waals surface area contributed by atoms with E-state index in [0.29, 0.717) is 12.4 Å². The second kappa shape index (κ2) is 9.86. The molecule has 4 amide bonds. The molecule has 1 aliphatic rings. The van der Waals surface area contributed by atoms with Gasteiger partial charge in [-0.25, -0.2) is 14.5 Å². The molecule has 1 heterocycles. The Morgan fingerprint density at radius 3 is 2.45 bits per heavy atom. The Morgan fingerprint density at radius 2 is 1.85 bits per heavy atom. The molecular weight excluding hydrogens is 432 g/mol. The summed E-state index contributed by atoms with van der Waals surface area (Å²) in [6, 6.07) is 10.00. The number of nitrogens with zero attached hydrogens (tertiary/aromatic N) is 1. The monoisotopic (exact) mass is 454 g/mol. The molecule has 172 valence electrons. The van der Waals surface area contributed by atoms with Crippen LogP contribution in [0.3, 0.4) is 0 Å². The van der Waals surface area contributed by atoms with Crippen LogP contribution >= 0.6 is 0 Å². The number of para-hydroxylation sites is 1. The van der Waals surface area contributed by atoms with Crippen molar-refractivity contribution in [2.75, 3.05) is 18.6 Å². The third-order valence-corrected chi connectivity index (χ3v) is 4.68. The van der Waals surface area contributed by atoms with Crippen LogP contribution in [0.2, 0.25) is 0 Å². The lowest BCUT2D eigenvalue weighted by Gasteiger charge is -2.26. The molecule has 1 saturated heterocycles. The second-order valence-corrected chi connectivity index (χ2v) is 6.86. The van der Waals surface area contributed by atoms with Crippen LogP contribution in [-0.2, 0) is 14.4 Å². The highest BCUT2D eigenvalue weighted by Crippen LogP contribution is 2.34. The van der Waals surface area contributed by atoms with Crippen LogP contribution in [-0.4, -0.2) is 48.7 Å². The first kappa shape index (κ1) is 23.3. The van der Waals surface area contributed by atoms with Gasteiger partial charge < -0.3 is 19.3 Å². The number of hydrogen-bond acceptors (Lipinski definition) is 7. The van der Waals surface area contributed by atoms with Crippen LogP contribution in [0, 0.1) is 0 Å². The Bertz CT molecular complexity index is 1120. The number of imide groups is 2. The Kier molecular flexibility index (Phi) is 6.97. The highest BCUT2D eigenvalue weighted by atomic mass is 16.5. The predicted octanol–water partition coefficient (Wildman–Crippen LogP) is 2.61. The third kappa shape index (κ3) is 4.95. The highest BCUT2D eigenvalue weighted by Gasteiger charge is 2.37. The number of nitrogens with one attached hydrogen (secondary N) is 1. The smallest absolute Gasteiger partial charge is 0.344 e. The molecule has 3 rings (SSSR count). The summed E-state index contributed by atoms with van der Waals surface area (Å²) in [5.74, 6) is -2.16. The highest BCUT2D eigenvalue weighted by molar-refractivity contribution is 6.39. The molecule has 0 aromatic heterocycles. The molecule has 2 aromatic carbocycles. The lowest BCUT2D eigenvalue weighted by Crippen LogP contribution is -2.54. The molecule has 10 nitrogen and oxygen atoms in total. The molecule has 2 N–H and O–H groups in total. The number of carbonyl (C=O) groups is 4. The van der Waals surface area contributed by atoms with Gasteiger partial charge in [0.25, 0.3) is 11.8 Å². The standard InChI is InChI=1S/C23H22N2O8/c1-4-32-16-10-8-15(9-11-16)25-21(27)17(20(26)24-23(25)30)12-14-6-5-7-18(31-3)19(14)33-13(2)22(28)29/h5-13H,4H2,1-3H3,(H,28,29)(H,24,26,30)/b17-12+/t13-/m0/s1. The van der Waals surface area contributed by atoms with Crippen LogP contribution in [0.25, 0.3) is 6.08 Å². The Hall–Kier alpha value is -4.34. The summed E-state index contributed by atoms with van der Waals surface area (Å²) in [4.78, 5) is 50.1. The summed E-state index contributed by atoms with van der Waals surface area (Å²) >= 11 is 0. The zero-order valence-corrected chi connectivity index (χ0v) is 18.2. The Balaban J connectivity index is 2.02. The number of benzene rings is 2. The molecule has 2 aromatic rings. The summed E-state index contributed by atoms with van der Waals surface area (Å²) in [5.41, 5.74) is 0.118. The number of barbiturate groups is 1. The van der Waals surface area contributed by atoms with Gasteiger partial charge in [0, 0.05) is 5.56 Å². The number of aliphatic carboxylic acids is 1. The summed E-state index contributed by atoms with van der Waals surface area (Å²) in [6.45, 7) is 3.61. The minimum Gasteiger partial charge on any atom is -0.494 e. The molecule has 33 heavy (non-hydrogen) atoms. The number of anilines is 1. The van der Waals surface area contributed by atoms with Gasteiger partial charge in [0.15, 0.2) is 17.6 Å². The molecule has 0 radical (unpaired) electrons. The van der Waals surface area contributed by atoms with Gasteiger partial charge in [-0.15, -0.1) is 0 Å². The summed E-state index contributed by atoms with van der Waals surface area (Å²) in [6.07, 6.45) is -0.00535. The van der Waals surface area contributed by atoms with Crippen LogP contribution in [0.15, 0.2) is 48.0 Å². The number of carboxylic acids is 1. The second-order valence-electron chi connectivity index (χ2n) is 6.86. The summed E-state index contributed by atoms with van der Waals surface area (Å²) in [5, 5.41) is 11.3. The number of ether oxygens (including phenoxy) is 3. The average molecular weight is 454 g/mol. The van der Waals surface area contributed by atoms with E-state index in [-0.39, 0.29) is 28.3 Å². The van der Waals surface area contributed by atoms with Crippen LogP contribution < -0.4 is 24.4 Å². The fourth-order valence-electron chi connectivity index (χ4n) is 3.07. The summed E-state index contributed by atoms with van der Waals surface area (Å²) < 4.78 is 16.1. The van der Waals surface area contributed by atoms with Gasteiger partial charge in [-0.2, -0.15) is 0 Å². The van der Waals surface area contributed by atoms with Crippen LogP contribution in [0.4, 0.5) is 10.5 Å². The van der Waals surface area contributed by atoms with Gasteiger partial charge in [-0.05, 0) is 50.3 Å². The minimum atomic E-state index is -1.23. The van der Waals surface area contributed by atoms with E-state index >= 15 is 0 Å². The van der Waals surface area contributed by atoms with Crippen molar-refractivity contribution in [3.05, 3.63) is 53.6 Å². The van der Waals surface area contributed by atoms with Crippen molar-refractivity contribution in [2.45, 2.75) is 20.0 Å². The maximum absolute atomic E-state index is 13.1. The topological polar surface area (TPSA) is 131 Å². The number of carbonyl (C=O) groups excluding carboxylic acids is 3. The van der Waals surface area contributed by atoms with Crippen molar-refractivity contribution < 1.29 is 38.5 Å². The van der Waals surface area contributed by atoms with Gasteiger partial charge in [0.2, 0.25) is 0 Å². The molecular formula is C23H22N2O8. The van der Waals surface area contributed by atoms with E-state index in [1.807, 2.05) is 6.92 Å². The Morgan fingerprint density at radius 1 is 1.15 bits per heavy atom. The number of hydrogen-bond donors (Lipinski definition) is 2. The number of methoxy groups -OCH3 is 1. The van der Waals surface area contributed by atoms with Crippen molar-refractivity contribution >= 4 is 35.6 Å². The molecule has 0 aliphatic carbocycles. The normalized spacial score (nSPS) is 15.8. The Labute approximate surface area is 189 Å². The fraction of sp³-hybridized carbons (Fsp3) is 0.217. The average Bonchev–Trinajstić information content (AvgIpc) is 2.78. The van der Waals surface area contributed by atoms with Crippen LogP contribution in [0.1, 0.15) is 19.4 Å². The largest absolute Gasteiger partial charge is 0.494 e. The van der Waals surface area contributed by atoms with Crippen molar-refractivity contribution in [1.82, 2.24) is 5.32 Å².